The number of rotatable bonds is 7. The third-order valence-corrected chi connectivity index (χ3v) is 6.47. The highest BCUT2D eigenvalue weighted by Crippen LogP contribution is 2.31. The molecule has 1 aliphatic heterocycles. The lowest BCUT2D eigenvalue weighted by atomic mass is 10.1. The Hall–Kier alpha value is -2.07. The number of nitrogens with one attached hydrogen (secondary N) is 1. The van der Waals surface area contributed by atoms with Gasteiger partial charge in [0.2, 0.25) is 0 Å². The average Bonchev–Trinajstić information content (AvgIpc) is 2.79. The topological polar surface area (TPSA) is 24.5 Å². The standard InChI is InChI=1S/C25H25Cl3N2O/c26-22-9-7-19(14-23(22)27)17-31-21-6-4-5-18(13-21)16-29-20-8-10-25(24(28)15-20)30-11-2-1-3-12-30/h4-10,13-15,29H,1-3,11-12,16-17H2. The smallest absolute Gasteiger partial charge is 0.120 e. The Bertz CT molecular complexity index is 1040. The predicted octanol–water partition coefficient (Wildman–Crippen LogP) is 7.83. The molecular formula is C25H25Cl3N2O. The summed E-state index contributed by atoms with van der Waals surface area (Å²) in [6.07, 6.45) is 3.78. The molecule has 3 aromatic carbocycles. The first-order chi connectivity index (χ1) is 15.1. The largest absolute Gasteiger partial charge is 0.489 e. The number of piperidine rings is 1. The van der Waals surface area contributed by atoms with Gasteiger partial charge in [-0.2, -0.15) is 0 Å². The minimum Gasteiger partial charge on any atom is -0.489 e. The van der Waals surface area contributed by atoms with Crippen LogP contribution in [0.4, 0.5) is 11.4 Å². The van der Waals surface area contributed by atoms with E-state index in [9.17, 15) is 0 Å². The molecule has 0 saturated carbocycles. The van der Waals surface area contributed by atoms with Crippen LogP contribution in [0.5, 0.6) is 5.75 Å². The van der Waals surface area contributed by atoms with Crippen LogP contribution in [0.25, 0.3) is 0 Å². The normalized spacial score (nSPS) is 13.8. The Labute approximate surface area is 198 Å². The molecule has 1 heterocycles. The highest BCUT2D eigenvalue weighted by atomic mass is 35.5. The molecular weight excluding hydrogens is 451 g/mol. The van der Waals surface area contributed by atoms with E-state index in [0.29, 0.717) is 23.2 Å². The second-order valence-electron chi connectivity index (χ2n) is 7.75. The molecule has 3 aromatic rings. The number of ether oxygens (including phenoxy) is 1. The van der Waals surface area contributed by atoms with Crippen LogP contribution in [0.2, 0.25) is 15.1 Å². The van der Waals surface area contributed by atoms with Crippen molar-refractivity contribution < 1.29 is 4.74 Å². The minimum atomic E-state index is 0.432. The summed E-state index contributed by atoms with van der Waals surface area (Å²) in [7, 11) is 0. The Balaban J connectivity index is 1.34. The maximum absolute atomic E-state index is 6.57. The van der Waals surface area contributed by atoms with Crippen LogP contribution >= 0.6 is 34.8 Å². The van der Waals surface area contributed by atoms with Crippen LogP contribution in [0.1, 0.15) is 30.4 Å². The number of benzene rings is 3. The van der Waals surface area contributed by atoms with Crippen molar-refractivity contribution in [3.8, 4) is 5.75 Å². The van der Waals surface area contributed by atoms with Gasteiger partial charge in [0.25, 0.3) is 0 Å². The van der Waals surface area contributed by atoms with Crippen molar-refractivity contribution in [3.05, 3.63) is 86.9 Å². The predicted molar refractivity (Wildman–Crippen MR) is 132 cm³/mol. The average molecular weight is 476 g/mol. The van der Waals surface area contributed by atoms with Crippen molar-refractivity contribution in [1.29, 1.82) is 0 Å². The lowest BCUT2D eigenvalue weighted by Gasteiger charge is -2.29. The molecule has 0 spiro atoms. The summed E-state index contributed by atoms with van der Waals surface area (Å²) < 4.78 is 5.93. The van der Waals surface area contributed by atoms with Crippen molar-refractivity contribution >= 4 is 46.2 Å². The molecule has 6 heteroatoms. The van der Waals surface area contributed by atoms with Gasteiger partial charge < -0.3 is 15.0 Å². The first-order valence-electron chi connectivity index (χ1n) is 10.5. The second kappa shape index (κ2) is 10.5. The van der Waals surface area contributed by atoms with Gasteiger partial charge in [-0.05, 0) is 72.9 Å². The van der Waals surface area contributed by atoms with Gasteiger partial charge in [-0.1, -0.05) is 53.0 Å². The molecule has 0 aromatic heterocycles. The molecule has 0 amide bonds. The molecule has 0 atom stereocenters. The molecule has 0 radical (unpaired) electrons. The third-order valence-electron chi connectivity index (χ3n) is 5.43. The van der Waals surface area contributed by atoms with Gasteiger partial charge in [0.1, 0.15) is 12.4 Å². The first-order valence-corrected chi connectivity index (χ1v) is 11.7. The number of nitrogens with zero attached hydrogens (tertiary/aromatic N) is 1. The van der Waals surface area contributed by atoms with Crippen LogP contribution < -0.4 is 15.0 Å². The van der Waals surface area contributed by atoms with Crippen LogP contribution in [-0.4, -0.2) is 13.1 Å². The zero-order chi connectivity index (χ0) is 21.6. The second-order valence-corrected chi connectivity index (χ2v) is 8.97. The number of hydrogen-bond acceptors (Lipinski definition) is 3. The van der Waals surface area contributed by atoms with Crippen molar-refractivity contribution in [2.24, 2.45) is 0 Å². The number of anilines is 2. The SMILES string of the molecule is Clc1ccc(COc2cccc(CNc3ccc(N4CCCCC4)c(Cl)c3)c2)cc1Cl. The van der Waals surface area contributed by atoms with Crippen molar-refractivity contribution in [1.82, 2.24) is 0 Å². The Morgan fingerprint density at radius 2 is 1.61 bits per heavy atom. The van der Waals surface area contributed by atoms with E-state index in [1.165, 1.54) is 19.3 Å². The number of halogens is 3. The lowest BCUT2D eigenvalue weighted by molar-refractivity contribution is 0.306. The fraction of sp³-hybridized carbons (Fsp3) is 0.280. The van der Waals surface area contributed by atoms with E-state index in [4.69, 9.17) is 39.5 Å². The quantitative estimate of drug-likeness (QED) is 0.377. The molecule has 162 valence electrons. The number of hydrogen-bond donors (Lipinski definition) is 1. The molecule has 0 bridgehead atoms. The molecule has 1 fully saturated rings. The molecule has 0 aliphatic carbocycles. The molecule has 4 rings (SSSR count). The molecule has 1 saturated heterocycles. The van der Waals surface area contributed by atoms with Crippen LogP contribution in [-0.2, 0) is 13.2 Å². The Kier molecular flexibility index (Phi) is 7.49. The molecule has 1 aliphatic rings. The fourth-order valence-electron chi connectivity index (χ4n) is 3.75. The Morgan fingerprint density at radius 3 is 2.39 bits per heavy atom. The summed E-state index contributed by atoms with van der Waals surface area (Å²) in [5.74, 6) is 0.809. The van der Waals surface area contributed by atoms with E-state index in [1.54, 1.807) is 6.07 Å². The summed E-state index contributed by atoms with van der Waals surface area (Å²) in [4.78, 5) is 2.38. The van der Waals surface area contributed by atoms with Crippen LogP contribution in [0.3, 0.4) is 0 Å². The first kappa shape index (κ1) is 22.1. The lowest BCUT2D eigenvalue weighted by Crippen LogP contribution is -2.29. The van der Waals surface area contributed by atoms with Crippen molar-refractivity contribution in [2.75, 3.05) is 23.3 Å². The van der Waals surface area contributed by atoms with E-state index in [-0.39, 0.29) is 0 Å². The minimum absolute atomic E-state index is 0.432. The van der Waals surface area contributed by atoms with E-state index >= 15 is 0 Å². The molecule has 31 heavy (non-hydrogen) atoms. The van der Waals surface area contributed by atoms with Gasteiger partial charge in [-0.15, -0.1) is 0 Å². The van der Waals surface area contributed by atoms with Gasteiger partial charge >= 0.3 is 0 Å². The summed E-state index contributed by atoms with van der Waals surface area (Å²) in [6.45, 7) is 3.29. The summed E-state index contributed by atoms with van der Waals surface area (Å²) in [6, 6.07) is 19.8. The summed E-state index contributed by atoms with van der Waals surface area (Å²) >= 11 is 18.6. The highest BCUT2D eigenvalue weighted by molar-refractivity contribution is 6.42. The van der Waals surface area contributed by atoms with Gasteiger partial charge in [0.15, 0.2) is 0 Å². The van der Waals surface area contributed by atoms with Crippen LogP contribution in [0, 0.1) is 0 Å². The van der Waals surface area contributed by atoms with E-state index < -0.39 is 0 Å². The molecule has 3 nitrogen and oxygen atoms in total. The Morgan fingerprint density at radius 1 is 0.774 bits per heavy atom. The third kappa shape index (κ3) is 6.00. The molecule has 0 unspecified atom stereocenters. The van der Waals surface area contributed by atoms with Gasteiger partial charge in [0, 0.05) is 25.3 Å². The zero-order valence-electron chi connectivity index (χ0n) is 17.2. The van der Waals surface area contributed by atoms with Crippen LogP contribution in [0.15, 0.2) is 60.7 Å². The summed E-state index contributed by atoms with van der Waals surface area (Å²) in [5, 5.41) is 5.33. The van der Waals surface area contributed by atoms with E-state index in [0.717, 1.165) is 46.4 Å². The van der Waals surface area contributed by atoms with Gasteiger partial charge in [-0.3, -0.25) is 0 Å². The zero-order valence-corrected chi connectivity index (χ0v) is 19.5. The molecule has 1 N–H and O–H groups in total. The van der Waals surface area contributed by atoms with Gasteiger partial charge in [-0.25, -0.2) is 0 Å². The fourth-order valence-corrected chi connectivity index (χ4v) is 4.37. The van der Waals surface area contributed by atoms with E-state index in [2.05, 4.69) is 28.4 Å². The maximum atomic E-state index is 6.57. The highest BCUT2D eigenvalue weighted by Gasteiger charge is 2.14. The van der Waals surface area contributed by atoms with Crippen molar-refractivity contribution in [3.63, 3.8) is 0 Å². The van der Waals surface area contributed by atoms with E-state index in [1.807, 2.05) is 36.4 Å². The van der Waals surface area contributed by atoms with Gasteiger partial charge in [0.05, 0.1) is 20.8 Å². The van der Waals surface area contributed by atoms with Crippen molar-refractivity contribution in [2.45, 2.75) is 32.4 Å². The maximum Gasteiger partial charge on any atom is 0.120 e. The monoisotopic (exact) mass is 474 g/mol. The summed E-state index contributed by atoms with van der Waals surface area (Å²) in [5.41, 5.74) is 4.24.